The Labute approximate surface area is 95.5 Å². The van der Waals surface area contributed by atoms with Crippen molar-refractivity contribution < 1.29 is 14.3 Å². The minimum atomic E-state index is 0.316. The molecule has 16 heavy (non-hydrogen) atoms. The average molecular weight is 223 g/mol. The molecule has 1 aromatic rings. The number of nitrogens with one attached hydrogen (secondary N) is 1. The molecular formula is C12H17NO3. The van der Waals surface area contributed by atoms with Crippen LogP contribution in [0, 0.1) is 5.92 Å². The highest BCUT2D eigenvalue weighted by Crippen LogP contribution is 2.32. The van der Waals surface area contributed by atoms with E-state index in [2.05, 4.69) is 19.3 Å². The molecule has 0 spiro atoms. The fraction of sp³-hybridized carbons (Fsp3) is 0.500. The normalized spacial score (nSPS) is 13.4. The van der Waals surface area contributed by atoms with Gasteiger partial charge in [-0.2, -0.15) is 5.48 Å². The highest BCUT2D eigenvalue weighted by Gasteiger charge is 2.12. The Bertz CT molecular complexity index is 352. The lowest BCUT2D eigenvalue weighted by Crippen LogP contribution is -2.17. The van der Waals surface area contributed by atoms with Gasteiger partial charge in [0.05, 0.1) is 6.61 Å². The summed E-state index contributed by atoms with van der Waals surface area (Å²) in [6, 6.07) is 5.88. The molecule has 0 bridgehead atoms. The molecule has 0 saturated carbocycles. The SMILES string of the molecule is CC(C)CONCc1ccc2c(c1)OCO2. The Hall–Kier alpha value is -1.26. The monoisotopic (exact) mass is 223 g/mol. The Morgan fingerprint density at radius 3 is 2.94 bits per heavy atom. The Balaban J connectivity index is 1.81. The van der Waals surface area contributed by atoms with Crippen molar-refractivity contribution in [3.05, 3.63) is 23.8 Å². The maximum atomic E-state index is 5.30. The smallest absolute Gasteiger partial charge is 0.231 e. The second-order valence-corrected chi connectivity index (χ2v) is 4.21. The molecule has 4 nitrogen and oxygen atoms in total. The Morgan fingerprint density at radius 2 is 2.12 bits per heavy atom. The molecule has 0 atom stereocenters. The van der Waals surface area contributed by atoms with Crippen molar-refractivity contribution in [2.24, 2.45) is 5.92 Å². The van der Waals surface area contributed by atoms with Gasteiger partial charge in [-0.3, -0.25) is 0 Å². The van der Waals surface area contributed by atoms with E-state index in [9.17, 15) is 0 Å². The molecule has 88 valence electrons. The van der Waals surface area contributed by atoms with E-state index in [1.165, 1.54) is 0 Å². The summed E-state index contributed by atoms with van der Waals surface area (Å²) in [5.41, 5.74) is 4.05. The molecule has 0 fully saturated rings. The van der Waals surface area contributed by atoms with Gasteiger partial charge >= 0.3 is 0 Å². The Morgan fingerprint density at radius 1 is 1.31 bits per heavy atom. The molecule has 2 rings (SSSR count). The molecule has 0 saturated heterocycles. The van der Waals surface area contributed by atoms with Crippen molar-refractivity contribution in [2.75, 3.05) is 13.4 Å². The summed E-state index contributed by atoms with van der Waals surface area (Å²) < 4.78 is 10.5. The Kier molecular flexibility index (Phi) is 3.64. The topological polar surface area (TPSA) is 39.7 Å². The van der Waals surface area contributed by atoms with Crippen molar-refractivity contribution in [2.45, 2.75) is 20.4 Å². The molecule has 1 heterocycles. The van der Waals surface area contributed by atoms with Crippen LogP contribution in [0.2, 0.25) is 0 Å². The summed E-state index contributed by atoms with van der Waals surface area (Å²) in [4.78, 5) is 5.30. The fourth-order valence-corrected chi connectivity index (χ4v) is 1.41. The number of hydroxylamine groups is 1. The summed E-state index contributed by atoms with van der Waals surface area (Å²) in [7, 11) is 0. The van der Waals surface area contributed by atoms with Crippen molar-refractivity contribution in [3.8, 4) is 11.5 Å². The molecule has 0 unspecified atom stereocenters. The van der Waals surface area contributed by atoms with Crippen LogP contribution in [0.1, 0.15) is 19.4 Å². The first-order valence-electron chi connectivity index (χ1n) is 5.49. The molecule has 1 aromatic carbocycles. The molecule has 1 N–H and O–H groups in total. The van der Waals surface area contributed by atoms with Gasteiger partial charge in [0.15, 0.2) is 11.5 Å². The van der Waals surface area contributed by atoms with Crippen LogP contribution in [0.15, 0.2) is 18.2 Å². The van der Waals surface area contributed by atoms with Gasteiger partial charge in [-0.1, -0.05) is 19.9 Å². The number of hydrogen-bond donors (Lipinski definition) is 1. The van der Waals surface area contributed by atoms with E-state index < -0.39 is 0 Å². The van der Waals surface area contributed by atoms with Crippen molar-refractivity contribution >= 4 is 0 Å². The summed E-state index contributed by atoms with van der Waals surface area (Å²) in [5, 5.41) is 0. The van der Waals surface area contributed by atoms with E-state index in [0.717, 1.165) is 17.1 Å². The third kappa shape index (κ3) is 2.87. The first-order chi connectivity index (χ1) is 7.75. The second kappa shape index (κ2) is 5.18. The van der Waals surface area contributed by atoms with Crippen LogP contribution in [0.4, 0.5) is 0 Å². The number of benzene rings is 1. The van der Waals surface area contributed by atoms with E-state index in [4.69, 9.17) is 14.3 Å². The zero-order chi connectivity index (χ0) is 11.4. The first kappa shape index (κ1) is 11.2. The van der Waals surface area contributed by atoms with Gasteiger partial charge in [0.2, 0.25) is 6.79 Å². The van der Waals surface area contributed by atoms with Crippen molar-refractivity contribution in [1.29, 1.82) is 0 Å². The molecular weight excluding hydrogens is 206 g/mol. The quantitative estimate of drug-likeness (QED) is 0.613. The zero-order valence-corrected chi connectivity index (χ0v) is 9.66. The van der Waals surface area contributed by atoms with E-state index >= 15 is 0 Å². The third-order valence-electron chi connectivity index (χ3n) is 2.23. The van der Waals surface area contributed by atoms with Crippen LogP contribution in [0.25, 0.3) is 0 Å². The van der Waals surface area contributed by atoms with Crippen LogP contribution in [-0.2, 0) is 11.4 Å². The molecule has 1 aliphatic rings. The number of fused-ring (bicyclic) bond motifs is 1. The molecule has 0 aliphatic carbocycles. The lowest BCUT2D eigenvalue weighted by molar-refractivity contribution is 0.0196. The predicted octanol–water partition coefficient (Wildman–Crippen LogP) is 2.09. The van der Waals surface area contributed by atoms with Gasteiger partial charge in [-0.15, -0.1) is 0 Å². The van der Waals surface area contributed by atoms with Crippen LogP contribution < -0.4 is 15.0 Å². The zero-order valence-electron chi connectivity index (χ0n) is 9.66. The summed E-state index contributed by atoms with van der Waals surface area (Å²) in [6.07, 6.45) is 0. The number of hydrogen-bond acceptors (Lipinski definition) is 4. The molecule has 4 heteroatoms. The van der Waals surface area contributed by atoms with Crippen LogP contribution >= 0.6 is 0 Å². The summed E-state index contributed by atoms with van der Waals surface area (Å²) in [6.45, 7) is 5.93. The summed E-state index contributed by atoms with van der Waals surface area (Å²) in [5.74, 6) is 2.15. The lowest BCUT2D eigenvalue weighted by atomic mass is 10.2. The predicted molar refractivity (Wildman–Crippen MR) is 60.2 cm³/mol. The molecule has 0 radical (unpaired) electrons. The van der Waals surface area contributed by atoms with Gasteiger partial charge in [-0.05, 0) is 23.6 Å². The summed E-state index contributed by atoms with van der Waals surface area (Å²) >= 11 is 0. The van der Waals surface area contributed by atoms with Crippen LogP contribution in [0.5, 0.6) is 11.5 Å². The molecule has 0 aromatic heterocycles. The molecule has 0 amide bonds. The van der Waals surface area contributed by atoms with Gasteiger partial charge < -0.3 is 14.3 Å². The third-order valence-corrected chi connectivity index (χ3v) is 2.23. The van der Waals surface area contributed by atoms with E-state index in [1.54, 1.807) is 0 Å². The lowest BCUT2D eigenvalue weighted by Gasteiger charge is -2.08. The first-order valence-corrected chi connectivity index (χ1v) is 5.49. The highest BCUT2D eigenvalue weighted by atomic mass is 16.7. The maximum absolute atomic E-state index is 5.30. The van der Waals surface area contributed by atoms with Crippen LogP contribution in [-0.4, -0.2) is 13.4 Å². The average Bonchev–Trinajstić information content (AvgIpc) is 2.71. The van der Waals surface area contributed by atoms with E-state index in [0.29, 0.717) is 25.9 Å². The van der Waals surface area contributed by atoms with Crippen molar-refractivity contribution in [3.63, 3.8) is 0 Å². The van der Waals surface area contributed by atoms with Gasteiger partial charge in [0.1, 0.15) is 0 Å². The van der Waals surface area contributed by atoms with Gasteiger partial charge in [0, 0.05) is 6.54 Å². The number of rotatable bonds is 5. The highest BCUT2D eigenvalue weighted by molar-refractivity contribution is 5.44. The minimum Gasteiger partial charge on any atom is -0.454 e. The van der Waals surface area contributed by atoms with E-state index in [1.807, 2.05) is 18.2 Å². The fourth-order valence-electron chi connectivity index (χ4n) is 1.41. The second-order valence-electron chi connectivity index (χ2n) is 4.21. The standard InChI is InChI=1S/C12H17NO3/c1-9(2)7-16-13-6-10-3-4-11-12(5-10)15-8-14-11/h3-5,9,13H,6-8H2,1-2H3. The maximum Gasteiger partial charge on any atom is 0.231 e. The van der Waals surface area contributed by atoms with E-state index in [-0.39, 0.29) is 0 Å². The number of ether oxygens (including phenoxy) is 2. The molecule has 1 aliphatic heterocycles. The van der Waals surface area contributed by atoms with Crippen LogP contribution in [0.3, 0.4) is 0 Å². The van der Waals surface area contributed by atoms with Gasteiger partial charge in [-0.25, -0.2) is 0 Å². The largest absolute Gasteiger partial charge is 0.454 e. The van der Waals surface area contributed by atoms with Gasteiger partial charge in [0.25, 0.3) is 0 Å². The minimum absolute atomic E-state index is 0.316. The van der Waals surface area contributed by atoms with Crippen molar-refractivity contribution in [1.82, 2.24) is 5.48 Å².